The van der Waals surface area contributed by atoms with E-state index in [1.807, 2.05) is 24.3 Å². The molecule has 2 amide bonds. The van der Waals surface area contributed by atoms with Crippen molar-refractivity contribution >= 4 is 12.0 Å². The second-order valence-electron chi connectivity index (χ2n) is 5.43. The highest BCUT2D eigenvalue weighted by molar-refractivity contribution is 5.89. The molecule has 2 rings (SSSR count). The van der Waals surface area contributed by atoms with E-state index in [4.69, 9.17) is 4.74 Å². The summed E-state index contributed by atoms with van der Waals surface area (Å²) in [6.07, 6.45) is 0. The number of rotatable bonds is 7. The van der Waals surface area contributed by atoms with Gasteiger partial charge in [-0.2, -0.15) is 0 Å². The van der Waals surface area contributed by atoms with Crippen LogP contribution in [0, 0.1) is 0 Å². The minimum Gasteiger partial charge on any atom is -0.465 e. The average molecular weight is 342 g/mol. The lowest BCUT2D eigenvalue weighted by atomic mass is 10.1. The standard InChI is InChI=1S/C19H22N2O4/c1-24-13-17-6-4-3-5-16(17)12-21-19(23)20-11-14-7-9-15(10-8-14)18(22)25-2/h3-10H,11-13H2,1-2H3,(H2,20,21,23). The number of methoxy groups -OCH3 is 2. The maximum absolute atomic E-state index is 12.0. The van der Waals surface area contributed by atoms with Gasteiger partial charge in [0.05, 0.1) is 19.3 Å². The molecule has 0 spiro atoms. The van der Waals surface area contributed by atoms with Gasteiger partial charge in [0, 0.05) is 20.2 Å². The molecule has 2 N–H and O–H groups in total. The van der Waals surface area contributed by atoms with Gasteiger partial charge >= 0.3 is 12.0 Å². The van der Waals surface area contributed by atoms with Crippen LogP contribution in [0.5, 0.6) is 0 Å². The summed E-state index contributed by atoms with van der Waals surface area (Å²) in [6.45, 7) is 1.30. The van der Waals surface area contributed by atoms with E-state index in [0.717, 1.165) is 16.7 Å². The van der Waals surface area contributed by atoms with E-state index < -0.39 is 0 Å². The van der Waals surface area contributed by atoms with E-state index >= 15 is 0 Å². The van der Waals surface area contributed by atoms with Crippen LogP contribution in [0.1, 0.15) is 27.0 Å². The van der Waals surface area contributed by atoms with E-state index in [9.17, 15) is 9.59 Å². The summed E-state index contributed by atoms with van der Waals surface area (Å²) in [6, 6.07) is 14.4. The number of urea groups is 1. The van der Waals surface area contributed by atoms with Crippen LogP contribution < -0.4 is 10.6 Å². The minimum atomic E-state index is -0.382. The Bertz CT molecular complexity index is 714. The van der Waals surface area contributed by atoms with Gasteiger partial charge in [0.25, 0.3) is 0 Å². The van der Waals surface area contributed by atoms with Crippen LogP contribution in [0.2, 0.25) is 0 Å². The zero-order valence-corrected chi connectivity index (χ0v) is 14.4. The van der Waals surface area contributed by atoms with Crippen molar-refractivity contribution in [3.63, 3.8) is 0 Å². The monoisotopic (exact) mass is 342 g/mol. The molecule has 6 nitrogen and oxygen atoms in total. The summed E-state index contributed by atoms with van der Waals surface area (Å²) in [5, 5.41) is 5.61. The second kappa shape index (κ2) is 9.44. The van der Waals surface area contributed by atoms with Crippen molar-refractivity contribution in [2.24, 2.45) is 0 Å². The molecule has 0 aromatic heterocycles. The molecule has 2 aromatic carbocycles. The Morgan fingerprint density at radius 3 is 2.16 bits per heavy atom. The molecular weight excluding hydrogens is 320 g/mol. The number of carbonyl (C=O) groups is 2. The van der Waals surface area contributed by atoms with Crippen molar-refractivity contribution in [3.05, 3.63) is 70.8 Å². The third-order valence-corrected chi connectivity index (χ3v) is 3.69. The molecule has 0 aliphatic heterocycles. The smallest absolute Gasteiger partial charge is 0.337 e. The number of carbonyl (C=O) groups excluding carboxylic acids is 2. The van der Waals surface area contributed by atoms with Gasteiger partial charge in [-0.15, -0.1) is 0 Å². The van der Waals surface area contributed by atoms with Gasteiger partial charge in [0.2, 0.25) is 0 Å². The van der Waals surface area contributed by atoms with E-state index in [1.54, 1.807) is 31.4 Å². The summed E-state index contributed by atoms with van der Waals surface area (Å²) in [5.74, 6) is -0.382. The Morgan fingerprint density at radius 2 is 1.52 bits per heavy atom. The number of nitrogens with one attached hydrogen (secondary N) is 2. The third kappa shape index (κ3) is 5.61. The first kappa shape index (κ1) is 18.5. The zero-order chi connectivity index (χ0) is 18.1. The highest BCUT2D eigenvalue weighted by Gasteiger charge is 2.06. The molecule has 0 aliphatic carbocycles. The summed E-state index contributed by atoms with van der Waals surface area (Å²) in [4.78, 5) is 23.3. The first-order valence-corrected chi connectivity index (χ1v) is 7.88. The number of amides is 2. The van der Waals surface area contributed by atoms with Crippen molar-refractivity contribution in [2.45, 2.75) is 19.7 Å². The van der Waals surface area contributed by atoms with Gasteiger partial charge in [-0.3, -0.25) is 0 Å². The lowest BCUT2D eigenvalue weighted by Crippen LogP contribution is -2.34. The van der Waals surface area contributed by atoms with E-state index in [-0.39, 0.29) is 12.0 Å². The van der Waals surface area contributed by atoms with Crippen LogP contribution in [0.25, 0.3) is 0 Å². The highest BCUT2D eigenvalue weighted by Crippen LogP contribution is 2.09. The minimum absolute atomic E-state index is 0.260. The van der Waals surface area contributed by atoms with Crippen molar-refractivity contribution in [1.82, 2.24) is 10.6 Å². The molecule has 2 aromatic rings. The van der Waals surface area contributed by atoms with Crippen molar-refractivity contribution < 1.29 is 19.1 Å². The Labute approximate surface area is 147 Å². The molecule has 0 atom stereocenters. The molecule has 0 heterocycles. The van der Waals surface area contributed by atoms with Gasteiger partial charge in [0.1, 0.15) is 0 Å². The molecular formula is C19H22N2O4. The van der Waals surface area contributed by atoms with Crippen molar-refractivity contribution in [1.29, 1.82) is 0 Å². The van der Waals surface area contributed by atoms with Gasteiger partial charge < -0.3 is 20.1 Å². The zero-order valence-electron chi connectivity index (χ0n) is 14.4. The number of esters is 1. The normalized spacial score (nSPS) is 10.2. The predicted octanol–water partition coefficient (Wildman–Crippen LogP) is 2.62. The van der Waals surface area contributed by atoms with Gasteiger partial charge in [-0.05, 0) is 28.8 Å². The Morgan fingerprint density at radius 1 is 0.880 bits per heavy atom. The highest BCUT2D eigenvalue weighted by atomic mass is 16.5. The van der Waals surface area contributed by atoms with E-state index in [1.165, 1.54) is 7.11 Å². The van der Waals surface area contributed by atoms with Gasteiger partial charge in [-0.25, -0.2) is 9.59 Å². The van der Waals surface area contributed by atoms with Crippen molar-refractivity contribution in [2.75, 3.05) is 14.2 Å². The van der Waals surface area contributed by atoms with Crippen LogP contribution in [0.3, 0.4) is 0 Å². The summed E-state index contributed by atoms with van der Waals surface area (Å²) >= 11 is 0. The molecule has 0 fully saturated rings. The van der Waals surface area contributed by atoms with Gasteiger partial charge in [0.15, 0.2) is 0 Å². The van der Waals surface area contributed by atoms with Gasteiger partial charge in [-0.1, -0.05) is 36.4 Å². The SMILES string of the molecule is COCc1ccccc1CNC(=O)NCc1ccc(C(=O)OC)cc1. The van der Waals surface area contributed by atoms with Crippen LogP contribution >= 0.6 is 0 Å². The lowest BCUT2D eigenvalue weighted by molar-refractivity contribution is 0.0600. The van der Waals surface area contributed by atoms with E-state index in [0.29, 0.717) is 25.3 Å². The second-order valence-corrected chi connectivity index (χ2v) is 5.43. The van der Waals surface area contributed by atoms with Crippen LogP contribution in [0.4, 0.5) is 4.79 Å². The molecule has 0 saturated carbocycles. The molecule has 132 valence electrons. The fourth-order valence-corrected chi connectivity index (χ4v) is 2.32. The Kier molecular flexibility index (Phi) is 6.98. The van der Waals surface area contributed by atoms with E-state index in [2.05, 4.69) is 15.4 Å². The number of hydrogen-bond donors (Lipinski definition) is 2. The maximum Gasteiger partial charge on any atom is 0.337 e. The predicted molar refractivity (Wildman–Crippen MR) is 94.0 cm³/mol. The first-order valence-electron chi connectivity index (χ1n) is 7.88. The topological polar surface area (TPSA) is 76.7 Å². The van der Waals surface area contributed by atoms with Crippen LogP contribution in [0.15, 0.2) is 48.5 Å². The number of benzene rings is 2. The van der Waals surface area contributed by atoms with Crippen LogP contribution in [-0.4, -0.2) is 26.2 Å². The fraction of sp³-hybridized carbons (Fsp3) is 0.263. The molecule has 0 saturated heterocycles. The molecule has 0 unspecified atom stereocenters. The average Bonchev–Trinajstić information content (AvgIpc) is 2.65. The molecule has 6 heteroatoms. The maximum atomic E-state index is 12.0. The largest absolute Gasteiger partial charge is 0.465 e. The summed E-state index contributed by atoms with van der Waals surface area (Å²) in [5.41, 5.74) is 3.43. The molecule has 0 bridgehead atoms. The summed E-state index contributed by atoms with van der Waals surface area (Å²) in [7, 11) is 2.98. The fourth-order valence-electron chi connectivity index (χ4n) is 2.32. The van der Waals surface area contributed by atoms with Crippen LogP contribution in [-0.2, 0) is 29.2 Å². The quantitative estimate of drug-likeness (QED) is 0.759. The summed E-state index contributed by atoms with van der Waals surface area (Å²) < 4.78 is 9.80. The molecule has 25 heavy (non-hydrogen) atoms. The Hall–Kier alpha value is -2.86. The first-order chi connectivity index (χ1) is 12.1. The Balaban J connectivity index is 1.82. The van der Waals surface area contributed by atoms with Crippen molar-refractivity contribution in [3.8, 4) is 0 Å². The molecule has 0 aliphatic rings. The number of hydrogen-bond acceptors (Lipinski definition) is 4. The lowest BCUT2D eigenvalue weighted by Gasteiger charge is -2.11. The molecule has 0 radical (unpaired) electrons. The number of ether oxygens (including phenoxy) is 2. The third-order valence-electron chi connectivity index (χ3n) is 3.69.